The maximum atomic E-state index is 12.6. The molecule has 0 radical (unpaired) electrons. The zero-order chi connectivity index (χ0) is 15.5. The second-order valence-electron chi connectivity index (χ2n) is 5.87. The normalized spacial score (nSPS) is 18.2. The second kappa shape index (κ2) is 7.22. The summed E-state index contributed by atoms with van der Waals surface area (Å²) in [6.45, 7) is 7.54. The minimum absolute atomic E-state index is 0.0222. The van der Waals surface area contributed by atoms with Gasteiger partial charge < -0.3 is 5.32 Å². The van der Waals surface area contributed by atoms with Crippen LogP contribution in [0.1, 0.15) is 49.3 Å². The molecule has 1 atom stereocenters. The monoisotopic (exact) mass is 330 g/mol. The summed E-state index contributed by atoms with van der Waals surface area (Å²) in [6.07, 6.45) is 4.72. The van der Waals surface area contributed by atoms with Crippen molar-refractivity contribution < 1.29 is 8.42 Å². The Bertz CT molecular complexity index is 560. The number of thiophene rings is 1. The Morgan fingerprint density at radius 1 is 1.38 bits per heavy atom. The Hall–Kier alpha value is -0.430. The van der Waals surface area contributed by atoms with Crippen LogP contribution in [0.5, 0.6) is 0 Å². The topological polar surface area (TPSA) is 58.2 Å². The predicted molar refractivity (Wildman–Crippen MR) is 88.2 cm³/mol. The van der Waals surface area contributed by atoms with Gasteiger partial charge >= 0.3 is 0 Å². The first-order valence-corrected chi connectivity index (χ1v) is 10.1. The van der Waals surface area contributed by atoms with Crippen LogP contribution < -0.4 is 10.0 Å². The van der Waals surface area contributed by atoms with E-state index in [1.807, 2.05) is 26.8 Å². The van der Waals surface area contributed by atoms with E-state index in [-0.39, 0.29) is 6.04 Å². The van der Waals surface area contributed by atoms with Gasteiger partial charge in [0.1, 0.15) is 0 Å². The molecule has 0 bridgehead atoms. The average Bonchev–Trinajstić information content (AvgIpc) is 3.05. The molecule has 1 aliphatic rings. The number of sulfonamides is 1. The molecule has 1 aromatic rings. The molecule has 21 heavy (non-hydrogen) atoms. The molecule has 0 spiro atoms. The van der Waals surface area contributed by atoms with E-state index in [0.717, 1.165) is 35.7 Å². The summed E-state index contributed by atoms with van der Waals surface area (Å²) in [5.74, 6) is 0.486. The van der Waals surface area contributed by atoms with Gasteiger partial charge in [-0.05, 0) is 45.2 Å². The van der Waals surface area contributed by atoms with Crippen LogP contribution in [-0.4, -0.2) is 21.0 Å². The van der Waals surface area contributed by atoms with Crippen LogP contribution in [0.15, 0.2) is 11.0 Å². The summed E-state index contributed by atoms with van der Waals surface area (Å²) >= 11 is 1.56. The summed E-state index contributed by atoms with van der Waals surface area (Å²) < 4.78 is 28.0. The molecule has 1 fully saturated rings. The lowest BCUT2D eigenvalue weighted by molar-refractivity contribution is 0.424. The molecule has 0 saturated heterocycles. The van der Waals surface area contributed by atoms with Crippen molar-refractivity contribution in [3.8, 4) is 0 Å². The van der Waals surface area contributed by atoms with E-state index in [1.54, 1.807) is 11.3 Å². The van der Waals surface area contributed by atoms with Gasteiger partial charge in [-0.15, -0.1) is 11.3 Å². The summed E-state index contributed by atoms with van der Waals surface area (Å²) in [4.78, 5) is 2.39. The molecule has 1 saturated carbocycles. The highest BCUT2D eigenvalue weighted by Gasteiger charge is 2.27. The fourth-order valence-corrected chi connectivity index (χ4v) is 5.91. The summed E-state index contributed by atoms with van der Waals surface area (Å²) in [5, 5.41) is 3.24. The van der Waals surface area contributed by atoms with E-state index < -0.39 is 10.0 Å². The van der Waals surface area contributed by atoms with Crippen molar-refractivity contribution in [2.75, 3.05) is 6.54 Å². The van der Waals surface area contributed by atoms with Gasteiger partial charge in [0.25, 0.3) is 0 Å². The molecule has 1 unspecified atom stereocenters. The van der Waals surface area contributed by atoms with Crippen LogP contribution in [0.4, 0.5) is 0 Å². The van der Waals surface area contributed by atoms with Crippen LogP contribution in [0.25, 0.3) is 0 Å². The molecule has 120 valence electrons. The third-order valence-corrected chi connectivity index (χ3v) is 7.07. The number of hydrogen-bond acceptors (Lipinski definition) is 4. The van der Waals surface area contributed by atoms with E-state index in [2.05, 4.69) is 10.0 Å². The molecule has 1 heterocycles. The Morgan fingerprint density at radius 2 is 2.05 bits per heavy atom. The van der Waals surface area contributed by atoms with E-state index in [9.17, 15) is 8.42 Å². The third kappa shape index (κ3) is 4.28. The lowest BCUT2D eigenvalue weighted by Crippen LogP contribution is -2.37. The molecule has 6 heteroatoms. The van der Waals surface area contributed by atoms with Crippen LogP contribution in [0, 0.1) is 12.8 Å². The van der Waals surface area contributed by atoms with Gasteiger partial charge in [0, 0.05) is 22.3 Å². The van der Waals surface area contributed by atoms with Crippen LogP contribution in [-0.2, 0) is 16.6 Å². The molecule has 4 nitrogen and oxygen atoms in total. The van der Waals surface area contributed by atoms with Crippen molar-refractivity contribution in [1.82, 2.24) is 10.0 Å². The van der Waals surface area contributed by atoms with Crippen molar-refractivity contribution in [1.29, 1.82) is 0 Å². The van der Waals surface area contributed by atoms with Crippen molar-refractivity contribution in [3.63, 3.8) is 0 Å². The maximum absolute atomic E-state index is 12.6. The highest BCUT2D eigenvalue weighted by atomic mass is 32.2. The fraction of sp³-hybridized carbons (Fsp3) is 0.733. The molecule has 2 N–H and O–H groups in total. The molecule has 1 aromatic heterocycles. The van der Waals surface area contributed by atoms with E-state index in [0.29, 0.717) is 10.8 Å². The highest BCUT2D eigenvalue weighted by molar-refractivity contribution is 7.89. The number of hydrogen-bond donors (Lipinski definition) is 2. The molecular weight excluding hydrogens is 304 g/mol. The van der Waals surface area contributed by atoms with Crippen molar-refractivity contribution in [3.05, 3.63) is 15.8 Å². The standard InChI is InChI=1S/C15H26N2O2S2/c1-4-16-10-14-9-15(12(3)20-14)21(18,19)17-11(2)13-7-5-6-8-13/h9,11,13,16-17H,4-8,10H2,1-3H3. The Kier molecular flexibility index (Phi) is 5.82. The predicted octanol–water partition coefficient (Wildman–Crippen LogP) is 3.02. The maximum Gasteiger partial charge on any atom is 0.241 e. The van der Waals surface area contributed by atoms with Crippen molar-refractivity contribution >= 4 is 21.4 Å². The Labute approximate surface area is 132 Å². The van der Waals surface area contributed by atoms with Gasteiger partial charge in [0.2, 0.25) is 10.0 Å². The lowest BCUT2D eigenvalue weighted by atomic mass is 10.0. The van der Waals surface area contributed by atoms with Crippen LogP contribution in [0.3, 0.4) is 0 Å². The number of nitrogens with one attached hydrogen (secondary N) is 2. The number of rotatable bonds is 7. The van der Waals surface area contributed by atoms with Gasteiger partial charge in [-0.25, -0.2) is 13.1 Å². The first-order valence-electron chi connectivity index (χ1n) is 7.76. The summed E-state index contributed by atoms with van der Waals surface area (Å²) in [7, 11) is -3.40. The van der Waals surface area contributed by atoms with Gasteiger partial charge in [-0.1, -0.05) is 19.8 Å². The Morgan fingerprint density at radius 3 is 2.67 bits per heavy atom. The minimum atomic E-state index is -3.40. The first kappa shape index (κ1) is 16.9. The van der Waals surface area contributed by atoms with Gasteiger partial charge in [-0.2, -0.15) is 0 Å². The average molecular weight is 331 g/mol. The van der Waals surface area contributed by atoms with Gasteiger partial charge in [0.05, 0.1) is 4.90 Å². The van der Waals surface area contributed by atoms with E-state index >= 15 is 0 Å². The second-order valence-corrected chi connectivity index (χ2v) is 8.89. The molecule has 2 rings (SSSR count). The molecule has 0 amide bonds. The fourth-order valence-electron chi connectivity index (χ4n) is 2.99. The van der Waals surface area contributed by atoms with Gasteiger partial charge in [0.15, 0.2) is 0 Å². The van der Waals surface area contributed by atoms with Crippen LogP contribution in [0.2, 0.25) is 0 Å². The highest BCUT2D eigenvalue weighted by Crippen LogP contribution is 2.30. The lowest BCUT2D eigenvalue weighted by Gasteiger charge is -2.20. The molecule has 0 aromatic carbocycles. The van der Waals surface area contributed by atoms with Crippen molar-refractivity contribution in [2.24, 2.45) is 5.92 Å². The zero-order valence-electron chi connectivity index (χ0n) is 13.1. The van der Waals surface area contributed by atoms with E-state index in [1.165, 1.54) is 12.8 Å². The quantitative estimate of drug-likeness (QED) is 0.808. The molecular formula is C15H26N2O2S2. The minimum Gasteiger partial charge on any atom is -0.312 e. The van der Waals surface area contributed by atoms with E-state index in [4.69, 9.17) is 0 Å². The Balaban J connectivity index is 2.09. The molecule has 1 aliphatic carbocycles. The largest absolute Gasteiger partial charge is 0.312 e. The third-order valence-electron chi connectivity index (χ3n) is 4.21. The van der Waals surface area contributed by atoms with Crippen molar-refractivity contribution in [2.45, 2.75) is 63.9 Å². The number of aryl methyl sites for hydroxylation is 1. The zero-order valence-corrected chi connectivity index (χ0v) is 14.7. The first-order chi connectivity index (χ1) is 9.94. The van der Waals surface area contributed by atoms with Crippen LogP contribution >= 0.6 is 11.3 Å². The SMILES string of the molecule is CCNCc1cc(S(=O)(=O)NC(C)C2CCCC2)c(C)s1. The summed E-state index contributed by atoms with van der Waals surface area (Å²) in [6, 6.07) is 1.83. The smallest absolute Gasteiger partial charge is 0.241 e. The summed E-state index contributed by atoms with van der Waals surface area (Å²) in [5.41, 5.74) is 0. The molecule has 0 aliphatic heterocycles. The van der Waals surface area contributed by atoms with Gasteiger partial charge in [-0.3, -0.25) is 0 Å².